The van der Waals surface area contributed by atoms with E-state index in [1.807, 2.05) is 97.5 Å². The highest BCUT2D eigenvalue weighted by molar-refractivity contribution is 7.99. The second-order valence-corrected chi connectivity index (χ2v) is 8.02. The smallest absolute Gasteiger partial charge is 0.251 e. The van der Waals surface area contributed by atoms with Crippen molar-refractivity contribution in [1.29, 1.82) is 0 Å². The highest BCUT2D eigenvalue weighted by Crippen LogP contribution is 2.26. The van der Waals surface area contributed by atoms with Gasteiger partial charge in [0.2, 0.25) is 0 Å². The Morgan fingerprint density at radius 1 is 1.00 bits per heavy atom. The SMILES string of the molecule is Cc1c(C(C)NC(=O)c2ccc(Sc3ccccn3)cc2)cnn1-c1ccccc1. The van der Waals surface area contributed by atoms with Gasteiger partial charge in [0.1, 0.15) is 5.03 Å². The Kier molecular flexibility index (Phi) is 5.95. The van der Waals surface area contributed by atoms with Gasteiger partial charge < -0.3 is 5.32 Å². The van der Waals surface area contributed by atoms with Crippen LogP contribution in [0.2, 0.25) is 0 Å². The van der Waals surface area contributed by atoms with Crippen LogP contribution in [0.25, 0.3) is 5.69 Å². The third kappa shape index (κ3) is 4.44. The van der Waals surface area contributed by atoms with Crippen LogP contribution in [0.4, 0.5) is 0 Å². The molecule has 0 spiro atoms. The fourth-order valence-electron chi connectivity index (χ4n) is 3.24. The quantitative estimate of drug-likeness (QED) is 0.470. The molecule has 0 saturated carbocycles. The summed E-state index contributed by atoms with van der Waals surface area (Å²) in [6.45, 7) is 3.99. The first-order valence-corrected chi connectivity index (χ1v) is 10.5. The maximum Gasteiger partial charge on any atom is 0.251 e. The Morgan fingerprint density at radius 3 is 2.43 bits per heavy atom. The molecule has 1 unspecified atom stereocenters. The third-order valence-electron chi connectivity index (χ3n) is 4.84. The number of rotatable bonds is 6. The standard InChI is InChI=1S/C24H22N4OS/c1-17(22-16-26-28(18(22)2)20-8-4-3-5-9-20)27-24(29)19-11-13-21(14-12-19)30-23-10-6-7-15-25-23/h3-17H,1-2H3,(H,27,29). The van der Waals surface area contributed by atoms with Crippen LogP contribution in [0.1, 0.15) is 34.6 Å². The molecule has 0 radical (unpaired) electrons. The number of benzene rings is 2. The van der Waals surface area contributed by atoms with Crippen molar-refractivity contribution in [2.24, 2.45) is 0 Å². The molecule has 2 heterocycles. The first-order chi connectivity index (χ1) is 14.6. The van der Waals surface area contributed by atoms with Gasteiger partial charge in [-0.1, -0.05) is 36.0 Å². The summed E-state index contributed by atoms with van der Waals surface area (Å²) >= 11 is 1.57. The van der Waals surface area contributed by atoms with Gasteiger partial charge >= 0.3 is 0 Å². The fourth-order valence-corrected chi connectivity index (χ4v) is 4.01. The fraction of sp³-hybridized carbons (Fsp3) is 0.125. The highest BCUT2D eigenvalue weighted by atomic mass is 32.2. The van der Waals surface area contributed by atoms with Crippen LogP contribution in [-0.4, -0.2) is 20.7 Å². The number of para-hydroxylation sites is 1. The number of hydrogen-bond acceptors (Lipinski definition) is 4. The average Bonchev–Trinajstić information content (AvgIpc) is 3.17. The summed E-state index contributed by atoms with van der Waals surface area (Å²) in [4.78, 5) is 18.1. The summed E-state index contributed by atoms with van der Waals surface area (Å²) in [7, 11) is 0. The van der Waals surface area contributed by atoms with Crippen LogP contribution in [-0.2, 0) is 0 Å². The normalized spacial score (nSPS) is 11.8. The third-order valence-corrected chi connectivity index (χ3v) is 5.80. The van der Waals surface area contributed by atoms with Gasteiger partial charge in [0.05, 0.1) is 17.9 Å². The van der Waals surface area contributed by atoms with Crippen molar-refractivity contribution in [3.63, 3.8) is 0 Å². The molecule has 6 heteroatoms. The zero-order chi connectivity index (χ0) is 20.9. The van der Waals surface area contributed by atoms with E-state index in [4.69, 9.17) is 0 Å². The summed E-state index contributed by atoms with van der Waals surface area (Å²) in [6.07, 6.45) is 3.59. The van der Waals surface area contributed by atoms with E-state index in [0.717, 1.165) is 26.9 Å². The van der Waals surface area contributed by atoms with Gasteiger partial charge in [0, 0.05) is 27.9 Å². The Hall–Kier alpha value is -3.38. The van der Waals surface area contributed by atoms with Gasteiger partial charge in [-0.3, -0.25) is 4.79 Å². The van der Waals surface area contributed by atoms with Crippen LogP contribution in [0.5, 0.6) is 0 Å². The predicted molar refractivity (Wildman–Crippen MR) is 119 cm³/mol. The van der Waals surface area contributed by atoms with Crippen LogP contribution in [0.3, 0.4) is 0 Å². The Morgan fingerprint density at radius 2 is 1.73 bits per heavy atom. The first-order valence-electron chi connectivity index (χ1n) is 9.71. The summed E-state index contributed by atoms with van der Waals surface area (Å²) in [6, 6.07) is 23.2. The molecule has 2 aromatic carbocycles. The van der Waals surface area contributed by atoms with Gasteiger partial charge in [-0.05, 0) is 62.4 Å². The number of hydrogen-bond donors (Lipinski definition) is 1. The average molecular weight is 415 g/mol. The van der Waals surface area contributed by atoms with Crippen molar-refractivity contribution >= 4 is 17.7 Å². The highest BCUT2D eigenvalue weighted by Gasteiger charge is 2.17. The molecule has 1 amide bonds. The van der Waals surface area contributed by atoms with E-state index in [9.17, 15) is 4.79 Å². The van der Waals surface area contributed by atoms with Gasteiger partial charge in [-0.2, -0.15) is 5.10 Å². The van der Waals surface area contributed by atoms with E-state index in [0.29, 0.717) is 5.56 Å². The van der Waals surface area contributed by atoms with Crippen LogP contribution in [0.15, 0.2) is 95.1 Å². The summed E-state index contributed by atoms with van der Waals surface area (Å²) in [5.41, 5.74) is 3.63. The van der Waals surface area contributed by atoms with Crippen LogP contribution >= 0.6 is 11.8 Å². The van der Waals surface area contributed by atoms with E-state index in [-0.39, 0.29) is 11.9 Å². The molecule has 4 rings (SSSR count). The molecule has 2 aromatic heterocycles. The molecule has 4 aromatic rings. The van der Waals surface area contributed by atoms with E-state index in [1.165, 1.54) is 0 Å². The molecular formula is C24H22N4OS. The van der Waals surface area contributed by atoms with Crippen molar-refractivity contribution in [2.45, 2.75) is 29.8 Å². The summed E-state index contributed by atoms with van der Waals surface area (Å²) in [5.74, 6) is -0.108. The number of aromatic nitrogens is 3. The largest absolute Gasteiger partial charge is 0.345 e. The molecule has 150 valence electrons. The molecule has 0 saturated heterocycles. The Bertz CT molecular complexity index is 1130. The number of carbonyl (C=O) groups is 1. The van der Waals surface area contributed by atoms with Crippen LogP contribution < -0.4 is 5.32 Å². The summed E-state index contributed by atoms with van der Waals surface area (Å²) < 4.78 is 1.89. The van der Waals surface area contributed by atoms with Crippen molar-refractivity contribution in [2.75, 3.05) is 0 Å². The monoisotopic (exact) mass is 414 g/mol. The van der Waals surface area contributed by atoms with E-state index in [2.05, 4.69) is 15.4 Å². The number of pyridine rings is 1. The topological polar surface area (TPSA) is 59.8 Å². The molecule has 1 atom stereocenters. The van der Waals surface area contributed by atoms with Gasteiger partial charge in [0.15, 0.2) is 0 Å². The minimum absolute atomic E-state index is 0.108. The van der Waals surface area contributed by atoms with Crippen molar-refractivity contribution in [3.05, 3.63) is 102 Å². The summed E-state index contributed by atoms with van der Waals surface area (Å²) in [5, 5.41) is 8.50. The minimum Gasteiger partial charge on any atom is -0.345 e. The zero-order valence-corrected chi connectivity index (χ0v) is 17.6. The second kappa shape index (κ2) is 8.97. The van der Waals surface area contributed by atoms with Crippen LogP contribution in [0, 0.1) is 6.92 Å². The molecule has 5 nitrogen and oxygen atoms in total. The van der Waals surface area contributed by atoms with Crippen molar-refractivity contribution < 1.29 is 4.79 Å². The van der Waals surface area contributed by atoms with E-state index < -0.39 is 0 Å². The molecule has 0 aliphatic rings. The lowest BCUT2D eigenvalue weighted by molar-refractivity contribution is 0.0940. The zero-order valence-electron chi connectivity index (χ0n) is 16.8. The van der Waals surface area contributed by atoms with Gasteiger partial charge in [-0.25, -0.2) is 9.67 Å². The Balaban J connectivity index is 1.43. The molecule has 30 heavy (non-hydrogen) atoms. The van der Waals surface area contributed by atoms with E-state index in [1.54, 1.807) is 18.0 Å². The second-order valence-electron chi connectivity index (χ2n) is 6.92. The molecule has 1 N–H and O–H groups in total. The predicted octanol–water partition coefficient (Wildman–Crippen LogP) is 5.22. The minimum atomic E-state index is -0.155. The molecule has 0 fully saturated rings. The van der Waals surface area contributed by atoms with Crippen molar-refractivity contribution in [3.8, 4) is 5.69 Å². The lowest BCUT2D eigenvalue weighted by Gasteiger charge is -2.14. The van der Waals surface area contributed by atoms with E-state index >= 15 is 0 Å². The first kappa shape index (κ1) is 19.9. The molecular weight excluding hydrogens is 392 g/mol. The lowest BCUT2D eigenvalue weighted by Crippen LogP contribution is -2.26. The number of nitrogens with one attached hydrogen (secondary N) is 1. The van der Waals surface area contributed by atoms with Gasteiger partial charge in [0.25, 0.3) is 5.91 Å². The maximum atomic E-state index is 12.7. The number of carbonyl (C=O) groups excluding carboxylic acids is 1. The molecule has 0 aliphatic heterocycles. The molecule has 0 bridgehead atoms. The lowest BCUT2D eigenvalue weighted by atomic mass is 10.1. The number of amides is 1. The maximum absolute atomic E-state index is 12.7. The molecule has 0 aliphatic carbocycles. The Labute approximate surface area is 180 Å². The van der Waals surface area contributed by atoms with Gasteiger partial charge in [-0.15, -0.1) is 0 Å². The van der Waals surface area contributed by atoms with Crippen molar-refractivity contribution in [1.82, 2.24) is 20.1 Å². The number of nitrogens with zero attached hydrogens (tertiary/aromatic N) is 3.